The van der Waals surface area contributed by atoms with Crippen LogP contribution in [0.4, 0.5) is 14.5 Å². The number of halogens is 2. The third-order valence-electron chi connectivity index (χ3n) is 5.93. The lowest BCUT2D eigenvalue weighted by atomic mass is 9.96. The zero-order valence-corrected chi connectivity index (χ0v) is 18.5. The van der Waals surface area contributed by atoms with E-state index in [9.17, 15) is 13.6 Å². The van der Waals surface area contributed by atoms with E-state index in [0.717, 1.165) is 17.0 Å². The van der Waals surface area contributed by atoms with Gasteiger partial charge in [0.1, 0.15) is 23.3 Å². The standard InChI is InChI=1S/C24H28F2N2O4/c1-15(10-16(2)29)17-4-6-19(7-5-17)32-20-12-28(13-20)21-8-9-22(27-23(21)30-3)31-14-18-11-24(18,25)26/h4-9,15,18,20H,10-14H2,1-3H3/t15-,18?/m1/s1. The number of methoxy groups -OCH3 is 1. The Labute approximate surface area is 186 Å². The van der Waals surface area contributed by atoms with Crippen molar-refractivity contribution in [3.8, 4) is 17.5 Å². The lowest BCUT2D eigenvalue weighted by Crippen LogP contribution is -2.54. The van der Waals surface area contributed by atoms with Gasteiger partial charge in [0.05, 0.1) is 32.7 Å². The molecule has 2 heterocycles. The molecule has 4 rings (SSSR count). The Morgan fingerprint density at radius 2 is 1.91 bits per heavy atom. The number of nitrogens with zero attached hydrogens (tertiary/aromatic N) is 2. The van der Waals surface area contributed by atoms with Crippen molar-refractivity contribution in [3.63, 3.8) is 0 Å². The molecular weight excluding hydrogens is 418 g/mol. The first-order valence-corrected chi connectivity index (χ1v) is 10.8. The van der Waals surface area contributed by atoms with Gasteiger partial charge in [-0.3, -0.25) is 0 Å². The number of carbonyl (C=O) groups excluding carboxylic acids is 1. The van der Waals surface area contributed by atoms with Crippen LogP contribution >= 0.6 is 0 Å². The van der Waals surface area contributed by atoms with E-state index >= 15 is 0 Å². The van der Waals surface area contributed by atoms with E-state index in [0.29, 0.717) is 25.4 Å². The fraction of sp³-hybridized carbons (Fsp3) is 0.500. The number of hydrogen-bond acceptors (Lipinski definition) is 6. The normalized spacial score (nSPS) is 20.3. The summed E-state index contributed by atoms with van der Waals surface area (Å²) in [7, 11) is 1.52. The molecule has 1 unspecified atom stereocenters. The summed E-state index contributed by atoms with van der Waals surface area (Å²) >= 11 is 0. The van der Waals surface area contributed by atoms with Gasteiger partial charge in [-0.2, -0.15) is 4.98 Å². The van der Waals surface area contributed by atoms with Crippen LogP contribution in [0.5, 0.6) is 17.5 Å². The molecule has 32 heavy (non-hydrogen) atoms. The molecule has 1 saturated carbocycles. The van der Waals surface area contributed by atoms with Crippen LogP contribution in [0.15, 0.2) is 36.4 Å². The Hall–Kier alpha value is -2.90. The predicted octanol–water partition coefficient (Wildman–Crippen LogP) is 4.47. The Morgan fingerprint density at radius 3 is 2.50 bits per heavy atom. The van der Waals surface area contributed by atoms with Crippen LogP contribution in [0, 0.1) is 5.92 Å². The van der Waals surface area contributed by atoms with Crippen LogP contribution in [0.1, 0.15) is 38.2 Å². The first-order chi connectivity index (χ1) is 15.2. The van der Waals surface area contributed by atoms with E-state index in [1.165, 1.54) is 7.11 Å². The molecule has 0 amide bonds. The highest BCUT2D eigenvalue weighted by atomic mass is 19.3. The van der Waals surface area contributed by atoms with Gasteiger partial charge < -0.3 is 23.9 Å². The average Bonchev–Trinajstić information content (AvgIpc) is 3.35. The van der Waals surface area contributed by atoms with Crippen molar-refractivity contribution in [1.82, 2.24) is 4.98 Å². The first-order valence-electron chi connectivity index (χ1n) is 10.8. The maximum atomic E-state index is 13.0. The van der Waals surface area contributed by atoms with Crippen molar-refractivity contribution in [3.05, 3.63) is 42.0 Å². The van der Waals surface area contributed by atoms with E-state index in [1.807, 2.05) is 37.3 Å². The van der Waals surface area contributed by atoms with Gasteiger partial charge in [0.15, 0.2) is 0 Å². The van der Waals surface area contributed by atoms with Gasteiger partial charge in [-0.25, -0.2) is 8.78 Å². The molecule has 2 fully saturated rings. The Bertz CT molecular complexity index is 961. The van der Waals surface area contributed by atoms with Crippen molar-refractivity contribution >= 4 is 11.5 Å². The smallest absolute Gasteiger partial charge is 0.255 e. The summed E-state index contributed by atoms with van der Waals surface area (Å²) in [6, 6.07) is 11.4. The molecule has 1 aromatic carbocycles. The molecule has 0 N–H and O–H groups in total. The highest BCUT2D eigenvalue weighted by Gasteiger charge is 2.57. The molecule has 1 saturated heterocycles. The zero-order chi connectivity index (χ0) is 22.9. The van der Waals surface area contributed by atoms with E-state index in [2.05, 4.69) is 9.88 Å². The highest BCUT2D eigenvalue weighted by molar-refractivity contribution is 5.76. The van der Waals surface area contributed by atoms with E-state index in [1.54, 1.807) is 13.0 Å². The Kier molecular flexibility index (Phi) is 6.22. The summed E-state index contributed by atoms with van der Waals surface area (Å²) in [5.41, 5.74) is 1.93. The van der Waals surface area contributed by atoms with Crippen molar-refractivity contribution in [1.29, 1.82) is 0 Å². The minimum Gasteiger partial charge on any atom is -0.487 e. The van der Waals surface area contributed by atoms with E-state index in [-0.39, 0.29) is 36.7 Å². The second-order valence-corrected chi connectivity index (χ2v) is 8.67. The van der Waals surface area contributed by atoms with E-state index < -0.39 is 11.8 Å². The minimum absolute atomic E-state index is 0.0354. The second kappa shape index (κ2) is 8.92. The number of alkyl halides is 2. The number of rotatable bonds is 10. The number of Topliss-reactive ketones (excluding diaryl/α,β-unsaturated/α-hetero) is 1. The average molecular weight is 446 g/mol. The van der Waals surface area contributed by atoms with Crippen LogP contribution in [-0.2, 0) is 4.79 Å². The van der Waals surface area contributed by atoms with Gasteiger partial charge >= 0.3 is 0 Å². The first kappa shape index (κ1) is 22.3. The van der Waals surface area contributed by atoms with Gasteiger partial charge in [-0.05, 0) is 36.6 Å². The summed E-state index contributed by atoms with van der Waals surface area (Å²) in [6.45, 7) is 4.95. The third-order valence-corrected chi connectivity index (χ3v) is 5.93. The molecule has 0 radical (unpaired) electrons. The molecule has 0 bridgehead atoms. The van der Waals surface area contributed by atoms with Gasteiger partial charge in [0.2, 0.25) is 11.8 Å². The lowest BCUT2D eigenvalue weighted by molar-refractivity contribution is -0.117. The highest BCUT2D eigenvalue weighted by Crippen LogP contribution is 2.48. The molecule has 172 valence electrons. The number of carbonyl (C=O) groups is 1. The Balaban J connectivity index is 1.28. The van der Waals surface area contributed by atoms with Crippen molar-refractivity contribution in [2.75, 3.05) is 31.7 Å². The van der Waals surface area contributed by atoms with Crippen LogP contribution < -0.4 is 19.1 Å². The summed E-state index contributed by atoms with van der Waals surface area (Å²) < 4.78 is 42.8. The van der Waals surface area contributed by atoms with Gasteiger partial charge in [0.25, 0.3) is 5.92 Å². The third kappa shape index (κ3) is 5.11. The van der Waals surface area contributed by atoms with Gasteiger partial charge in [-0.1, -0.05) is 19.1 Å². The molecule has 6 nitrogen and oxygen atoms in total. The topological polar surface area (TPSA) is 60.9 Å². The summed E-state index contributed by atoms with van der Waals surface area (Å²) in [6.07, 6.45) is 0.440. The molecule has 8 heteroatoms. The molecular formula is C24H28F2N2O4. The van der Waals surface area contributed by atoms with Crippen LogP contribution in [-0.4, -0.2) is 49.6 Å². The quantitative estimate of drug-likeness (QED) is 0.537. The summed E-state index contributed by atoms with van der Waals surface area (Å²) in [5.74, 6) is -1.50. The molecule has 1 aliphatic heterocycles. The minimum atomic E-state index is -2.61. The number of benzene rings is 1. The fourth-order valence-electron chi connectivity index (χ4n) is 3.85. The molecule has 1 aromatic heterocycles. The number of pyridine rings is 1. The summed E-state index contributed by atoms with van der Waals surface area (Å²) in [5, 5.41) is 0. The van der Waals surface area contributed by atoms with Crippen LogP contribution in [0.25, 0.3) is 0 Å². The van der Waals surface area contributed by atoms with Crippen LogP contribution in [0.3, 0.4) is 0 Å². The van der Waals surface area contributed by atoms with Crippen molar-refractivity contribution < 1.29 is 27.8 Å². The van der Waals surface area contributed by atoms with E-state index in [4.69, 9.17) is 14.2 Å². The number of ketones is 1. The maximum Gasteiger partial charge on any atom is 0.255 e. The number of aromatic nitrogens is 1. The molecule has 2 aromatic rings. The maximum absolute atomic E-state index is 13.0. The monoisotopic (exact) mass is 446 g/mol. The Morgan fingerprint density at radius 1 is 1.22 bits per heavy atom. The number of ether oxygens (including phenoxy) is 3. The van der Waals surface area contributed by atoms with Crippen molar-refractivity contribution in [2.24, 2.45) is 5.92 Å². The second-order valence-electron chi connectivity index (χ2n) is 8.67. The van der Waals surface area contributed by atoms with Gasteiger partial charge in [-0.15, -0.1) is 0 Å². The lowest BCUT2D eigenvalue weighted by Gasteiger charge is -2.40. The number of anilines is 1. The molecule has 0 spiro atoms. The predicted molar refractivity (Wildman–Crippen MR) is 116 cm³/mol. The fourth-order valence-corrected chi connectivity index (χ4v) is 3.85. The molecule has 2 atom stereocenters. The SMILES string of the molecule is COc1nc(OCC2CC2(F)F)ccc1N1CC(Oc2ccc([C@H](C)CC(C)=O)cc2)C1. The largest absolute Gasteiger partial charge is 0.487 e. The zero-order valence-electron chi connectivity index (χ0n) is 18.5. The van der Waals surface area contributed by atoms with Gasteiger partial charge in [0, 0.05) is 18.9 Å². The van der Waals surface area contributed by atoms with Crippen LogP contribution in [0.2, 0.25) is 0 Å². The molecule has 1 aliphatic carbocycles. The number of hydrogen-bond donors (Lipinski definition) is 0. The molecule has 2 aliphatic rings. The summed E-state index contributed by atoms with van der Waals surface area (Å²) in [4.78, 5) is 17.7. The van der Waals surface area contributed by atoms with Crippen molar-refractivity contribution in [2.45, 2.75) is 44.6 Å².